The van der Waals surface area contributed by atoms with Crippen molar-refractivity contribution < 1.29 is 9.90 Å². The third kappa shape index (κ3) is 4.72. The maximum atomic E-state index is 10.6. The molecule has 0 heterocycles. The maximum Gasteiger partial charge on any atom is 0.305 e. The van der Waals surface area contributed by atoms with Crippen LogP contribution in [0.3, 0.4) is 0 Å². The number of aryl methyl sites for hydroxylation is 1. The Kier molecular flexibility index (Phi) is 4.76. The van der Waals surface area contributed by atoms with E-state index in [1.54, 1.807) is 0 Å². The third-order valence-corrected chi connectivity index (χ3v) is 2.42. The van der Waals surface area contributed by atoms with Gasteiger partial charge in [-0.25, -0.2) is 0 Å². The molecule has 0 atom stereocenters. The van der Waals surface area contributed by atoms with Gasteiger partial charge in [0.05, 0.1) is 6.42 Å². The second-order valence-electron chi connectivity index (χ2n) is 4.36. The van der Waals surface area contributed by atoms with E-state index in [0.717, 1.165) is 11.3 Å². The van der Waals surface area contributed by atoms with Crippen LogP contribution < -0.4 is 4.90 Å². The lowest BCUT2D eigenvalue weighted by Crippen LogP contribution is -2.27. The van der Waals surface area contributed by atoms with Crippen LogP contribution in [-0.2, 0) is 4.79 Å². The number of carboxylic acids is 1. The molecule has 92 valence electrons. The first-order valence-corrected chi connectivity index (χ1v) is 5.67. The minimum atomic E-state index is -0.774. The molecule has 1 aromatic rings. The first kappa shape index (κ1) is 13.3. The predicted octanol–water partition coefficient (Wildman–Crippen LogP) is 2.85. The summed E-state index contributed by atoms with van der Waals surface area (Å²) in [5.41, 5.74) is 3.25. The van der Waals surface area contributed by atoms with Gasteiger partial charge < -0.3 is 10.0 Å². The van der Waals surface area contributed by atoms with Crippen LogP contribution in [0.4, 0.5) is 5.69 Å². The molecular formula is C14H19NO2. The van der Waals surface area contributed by atoms with E-state index in [-0.39, 0.29) is 6.42 Å². The summed E-state index contributed by atoms with van der Waals surface area (Å²) < 4.78 is 0. The van der Waals surface area contributed by atoms with Gasteiger partial charge in [-0.1, -0.05) is 24.3 Å². The van der Waals surface area contributed by atoms with Gasteiger partial charge in [-0.15, -0.1) is 0 Å². The molecular weight excluding hydrogens is 214 g/mol. The van der Waals surface area contributed by atoms with Gasteiger partial charge in [0.25, 0.3) is 0 Å². The molecule has 0 saturated carbocycles. The normalized spacial score (nSPS) is 10.0. The lowest BCUT2D eigenvalue weighted by atomic mass is 10.2. The Morgan fingerprint density at radius 3 is 2.71 bits per heavy atom. The summed E-state index contributed by atoms with van der Waals surface area (Å²) in [5, 5.41) is 8.75. The average molecular weight is 233 g/mol. The molecule has 3 nitrogen and oxygen atoms in total. The smallest absolute Gasteiger partial charge is 0.305 e. The van der Waals surface area contributed by atoms with Crippen molar-refractivity contribution in [3.05, 3.63) is 42.0 Å². The zero-order valence-corrected chi connectivity index (χ0v) is 10.4. The Morgan fingerprint density at radius 2 is 2.18 bits per heavy atom. The van der Waals surface area contributed by atoms with E-state index in [4.69, 9.17) is 5.11 Å². The molecule has 1 aromatic carbocycles. The van der Waals surface area contributed by atoms with Crippen molar-refractivity contribution in [2.24, 2.45) is 0 Å². The van der Waals surface area contributed by atoms with Gasteiger partial charge in [0.1, 0.15) is 0 Å². The topological polar surface area (TPSA) is 40.5 Å². The number of anilines is 1. The number of rotatable bonds is 6. The fourth-order valence-corrected chi connectivity index (χ4v) is 1.68. The Bertz CT molecular complexity index is 412. The van der Waals surface area contributed by atoms with Crippen LogP contribution in [0.2, 0.25) is 0 Å². The molecule has 0 aliphatic carbocycles. The molecule has 1 rings (SSSR count). The summed E-state index contributed by atoms with van der Waals surface area (Å²) in [6.07, 6.45) is 0.140. The molecule has 3 heteroatoms. The molecule has 0 aliphatic rings. The van der Waals surface area contributed by atoms with Crippen molar-refractivity contribution in [2.75, 3.05) is 18.0 Å². The SMILES string of the molecule is C=C(C)CN(CCC(=O)O)c1cccc(C)c1. The lowest BCUT2D eigenvalue weighted by Gasteiger charge is -2.24. The van der Waals surface area contributed by atoms with Crippen LogP contribution in [0.5, 0.6) is 0 Å². The zero-order valence-electron chi connectivity index (χ0n) is 10.4. The van der Waals surface area contributed by atoms with Gasteiger partial charge in [0, 0.05) is 18.8 Å². The molecule has 0 unspecified atom stereocenters. The second kappa shape index (κ2) is 6.09. The van der Waals surface area contributed by atoms with Crippen molar-refractivity contribution >= 4 is 11.7 Å². The number of carbonyl (C=O) groups is 1. The number of hydrogen-bond acceptors (Lipinski definition) is 2. The number of nitrogens with zero attached hydrogens (tertiary/aromatic N) is 1. The highest BCUT2D eigenvalue weighted by Gasteiger charge is 2.08. The molecule has 17 heavy (non-hydrogen) atoms. The molecule has 1 N–H and O–H groups in total. The first-order chi connectivity index (χ1) is 7.99. The van der Waals surface area contributed by atoms with Gasteiger partial charge >= 0.3 is 5.97 Å². The molecule has 0 saturated heterocycles. The number of benzene rings is 1. The minimum absolute atomic E-state index is 0.140. The van der Waals surface area contributed by atoms with Crippen molar-refractivity contribution in [1.29, 1.82) is 0 Å². The van der Waals surface area contributed by atoms with Crippen LogP contribution in [0.25, 0.3) is 0 Å². The van der Waals surface area contributed by atoms with Crippen LogP contribution >= 0.6 is 0 Å². The largest absolute Gasteiger partial charge is 0.481 e. The Hall–Kier alpha value is -1.77. The van der Waals surface area contributed by atoms with E-state index in [0.29, 0.717) is 13.1 Å². The maximum absolute atomic E-state index is 10.6. The molecule has 0 fully saturated rings. The number of aliphatic carboxylic acids is 1. The van der Waals surface area contributed by atoms with E-state index < -0.39 is 5.97 Å². The Labute approximate surface area is 102 Å². The fraction of sp³-hybridized carbons (Fsp3) is 0.357. The van der Waals surface area contributed by atoms with Crippen LogP contribution in [-0.4, -0.2) is 24.2 Å². The summed E-state index contributed by atoms with van der Waals surface area (Å²) in [6, 6.07) is 8.07. The highest BCUT2D eigenvalue weighted by atomic mass is 16.4. The Morgan fingerprint density at radius 1 is 1.47 bits per heavy atom. The van der Waals surface area contributed by atoms with Gasteiger partial charge in [0.2, 0.25) is 0 Å². The standard InChI is InChI=1S/C14H19NO2/c1-11(2)10-15(8-7-14(16)17)13-6-4-5-12(3)9-13/h4-6,9H,1,7-8,10H2,2-3H3,(H,16,17). The lowest BCUT2D eigenvalue weighted by molar-refractivity contribution is -0.136. The summed E-state index contributed by atoms with van der Waals surface area (Å²) >= 11 is 0. The molecule has 0 amide bonds. The van der Waals surface area contributed by atoms with Crippen LogP contribution in [0.15, 0.2) is 36.4 Å². The molecule has 0 bridgehead atoms. The third-order valence-electron chi connectivity index (χ3n) is 2.42. The summed E-state index contributed by atoms with van der Waals surface area (Å²) in [4.78, 5) is 12.7. The fourth-order valence-electron chi connectivity index (χ4n) is 1.68. The minimum Gasteiger partial charge on any atom is -0.481 e. The van der Waals surface area contributed by atoms with Gasteiger partial charge in [0.15, 0.2) is 0 Å². The summed E-state index contributed by atoms with van der Waals surface area (Å²) in [6.45, 7) is 9.05. The molecule has 0 spiro atoms. The van der Waals surface area contributed by atoms with Gasteiger partial charge in [-0.3, -0.25) is 4.79 Å². The van der Waals surface area contributed by atoms with Crippen molar-refractivity contribution in [2.45, 2.75) is 20.3 Å². The molecule has 0 aliphatic heterocycles. The summed E-state index contributed by atoms with van der Waals surface area (Å²) in [7, 11) is 0. The van der Waals surface area contributed by atoms with Crippen molar-refractivity contribution in [1.82, 2.24) is 0 Å². The molecule has 0 aromatic heterocycles. The van der Waals surface area contributed by atoms with E-state index in [2.05, 4.69) is 12.6 Å². The predicted molar refractivity (Wildman–Crippen MR) is 70.5 cm³/mol. The van der Waals surface area contributed by atoms with Crippen molar-refractivity contribution in [3.63, 3.8) is 0 Å². The Balaban J connectivity index is 2.81. The van der Waals surface area contributed by atoms with Gasteiger partial charge in [-0.05, 0) is 31.5 Å². The molecule has 0 radical (unpaired) electrons. The average Bonchev–Trinajstić information content (AvgIpc) is 2.23. The first-order valence-electron chi connectivity index (χ1n) is 5.67. The zero-order chi connectivity index (χ0) is 12.8. The van der Waals surface area contributed by atoms with E-state index in [1.807, 2.05) is 36.9 Å². The number of carboxylic acid groups (broad SMARTS) is 1. The van der Waals surface area contributed by atoms with Crippen LogP contribution in [0, 0.1) is 6.92 Å². The van der Waals surface area contributed by atoms with Crippen LogP contribution in [0.1, 0.15) is 18.9 Å². The monoisotopic (exact) mass is 233 g/mol. The van der Waals surface area contributed by atoms with E-state index in [9.17, 15) is 4.79 Å². The van der Waals surface area contributed by atoms with E-state index in [1.165, 1.54) is 5.56 Å². The van der Waals surface area contributed by atoms with E-state index >= 15 is 0 Å². The highest BCUT2D eigenvalue weighted by molar-refractivity contribution is 5.67. The quantitative estimate of drug-likeness (QED) is 0.768. The highest BCUT2D eigenvalue weighted by Crippen LogP contribution is 2.17. The van der Waals surface area contributed by atoms with Gasteiger partial charge in [-0.2, -0.15) is 0 Å². The second-order valence-corrected chi connectivity index (χ2v) is 4.36. The summed E-state index contributed by atoms with van der Waals surface area (Å²) in [5.74, 6) is -0.774. The number of hydrogen-bond donors (Lipinski definition) is 1. The van der Waals surface area contributed by atoms with Crippen molar-refractivity contribution in [3.8, 4) is 0 Å².